The molecule has 2 rings (SSSR count). The molecule has 1 atom stereocenters. The van der Waals surface area contributed by atoms with Crippen LogP contribution in [-0.2, 0) is 14.8 Å². The van der Waals surface area contributed by atoms with Gasteiger partial charge in [0.2, 0.25) is 15.9 Å². The number of piperidine rings is 1. The van der Waals surface area contributed by atoms with E-state index in [1.54, 1.807) is 4.31 Å². The van der Waals surface area contributed by atoms with Crippen molar-refractivity contribution in [3.8, 4) is 0 Å². The number of carbonyl (C=O) groups is 1. The van der Waals surface area contributed by atoms with E-state index < -0.39 is 10.0 Å². The zero-order valence-corrected chi connectivity index (χ0v) is 15.2. The summed E-state index contributed by atoms with van der Waals surface area (Å²) in [5.41, 5.74) is 0. The van der Waals surface area contributed by atoms with Gasteiger partial charge in [0.15, 0.2) is 0 Å². The molecule has 0 unspecified atom stereocenters. The first kappa shape index (κ1) is 18.7. The fourth-order valence-electron chi connectivity index (χ4n) is 3.61. The Morgan fingerprint density at radius 2 is 1.78 bits per heavy atom. The maximum absolute atomic E-state index is 12.5. The quantitative estimate of drug-likeness (QED) is 0.753. The zero-order valence-electron chi connectivity index (χ0n) is 14.4. The first-order valence-electron chi connectivity index (χ1n) is 9.31. The molecular weight excluding hydrogens is 312 g/mol. The van der Waals surface area contributed by atoms with Gasteiger partial charge in [0.1, 0.15) is 0 Å². The van der Waals surface area contributed by atoms with Crippen LogP contribution in [0.5, 0.6) is 0 Å². The number of carbonyl (C=O) groups excluding carboxylic acids is 1. The maximum Gasteiger partial charge on any atom is 0.224 e. The summed E-state index contributed by atoms with van der Waals surface area (Å²) in [7, 11) is -3.20. The van der Waals surface area contributed by atoms with Gasteiger partial charge in [-0.2, -0.15) is 0 Å². The molecule has 0 aromatic heterocycles. The molecular formula is C17H32N2O3S. The van der Waals surface area contributed by atoms with Crippen molar-refractivity contribution in [3.63, 3.8) is 0 Å². The second-order valence-electron chi connectivity index (χ2n) is 7.06. The number of nitrogens with zero attached hydrogens (tertiary/aromatic N) is 1. The molecule has 0 bridgehead atoms. The average Bonchev–Trinajstić information content (AvgIpc) is 2.82. The fourth-order valence-corrected chi connectivity index (χ4v) is 5.33. The number of sulfonamides is 1. The van der Waals surface area contributed by atoms with Crippen molar-refractivity contribution >= 4 is 15.9 Å². The highest BCUT2D eigenvalue weighted by Crippen LogP contribution is 2.22. The Morgan fingerprint density at radius 1 is 1.09 bits per heavy atom. The van der Waals surface area contributed by atoms with E-state index >= 15 is 0 Å². The van der Waals surface area contributed by atoms with Crippen LogP contribution in [0.15, 0.2) is 0 Å². The summed E-state index contributed by atoms with van der Waals surface area (Å²) >= 11 is 0. The van der Waals surface area contributed by atoms with E-state index in [0.29, 0.717) is 19.5 Å². The third-order valence-electron chi connectivity index (χ3n) is 5.11. The lowest BCUT2D eigenvalue weighted by Crippen LogP contribution is -2.48. The van der Waals surface area contributed by atoms with Gasteiger partial charge in [-0.1, -0.05) is 39.0 Å². The SMILES string of the molecule is CCCCS(=O)(=O)N1CCC[C@H](C(=O)NC2CCCCCC2)C1. The Labute approximate surface area is 141 Å². The van der Waals surface area contributed by atoms with Gasteiger partial charge in [-0.05, 0) is 32.1 Å². The topological polar surface area (TPSA) is 66.5 Å². The van der Waals surface area contributed by atoms with Crippen molar-refractivity contribution in [1.29, 1.82) is 0 Å². The van der Waals surface area contributed by atoms with Crippen LogP contribution < -0.4 is 5.32 Å². The van der Waals surface area contributed by atoms with E-state index in [4.69, 9.17) is 0 Å². The molecule has 2 fully saturated rings. The number of hydrogen-bond acceptors (Lipinski definition) is 3. The molecule has 2 aliphatic rings. The second-order valence-corrected chi connectivity index (χ2v) is 9.15. The summed E-state index contributed by atoms with van der Waals surface area (Å²) in [6.45, 7) is 2.93. The average molecular weight is 345 g/mol. The van der Waals surface area contributed by atoms with Gasteiger partial charge in [0.05, 0.1) is 11.7 Å². The predicted molar refractivity (Wildman–Crippen MR) is 92.6 cm³/mol. The predicted octanol–water partition coefficient (Wildman–Crippen LogP) is 2.67. The number of unbranched alkanes of at least 4 members (excludes halogenated alkanes) is 1. The molecule has 6 heteroatoms. The van der Waals surface area contributed by atoms with Crippen molar-refractivity contribution < 1.29 is 13.2 Å². The molecule has 1 saturated heterocycles. The van der Waals surface area contributed by atoms with Gasteiger partial charge in [0.25, 0.3) is 0 Å². The van der Waals surface area contributed by atoms with Gasteiger partial charge in [-0.3, -0.25) is 4.79 Å². The Bertz CT molecular complexity index is 470. The smallest absolute Gasteiger partial charge is 0.224 e. The van der Waals surface area contributed by atoms with Gasteiger partial charge in [-0.15, -0.1) is 0 Å². The largest absolute Gasteiger partial charge is 0.353 e. The Morgan fingerprint density at radius 3 is 2.43 bits per heavy atom. The van der Waals surface area contributed by atoms with Crippen LogP contribution in [0.4, 0.5) is 0 Å². The second kappa shape index (κ2) is 9.02. The van der Waals surface area contributed by atoms with Gasteiger partial charge < -0.3 is 5.32 Å². The minimum absolute atomic E-state index is 0.0623. The van der Waals surface area contributed by atoms with Crippen LogP contribution in [-0.4, -0.2) is 43.5 Å². The highest BCUT2D eigenvalue weighted by Gasteiger charge is 2.32. The Kier molecular flexibility index (Phi) is 7.34. The molecule has 0 aromatic rings. The number of rotatable bonds is 6. The van der Waals surface area contributed by atoms with Crippen LogP contribution >= 0.6 is 0 Å². The normalized spacial score (nSPS) is 25.0. The van der Waals surface area contributed by atoms with Gasteiger partial charge in [-0.25, -0.2) is 12.7 Å². The zero-order chi connectivity index (χ0) is 16.7. The molecule has 5 nitrogen and oxygen atoms in total. The summed E-state index contributed by atoms with van der Waals surface area (Å²) in [4.78, 5) is 12.5. The summed E-state index contributed by atoms with van der Waals surface area (Å²) < 4.78 is 26.2. The van der Waals surface area contributed by atoms with E-state index in [1.807, 2.05) is 6.92 Å². The summed E-state index contributed by atoms with van der Waals surface area (Å²) in [5, 5.41) is 3.18. The Balaban J connectivity index is 1.88. The van der Waals surface area contributed by atoms with Crippen molar-refractivity contribution in [3.05, 3.63) is 0 Å². The lowest BCUT2D eigenvalue weighted by Gasteiger charge is -2.32. The molecule has 1 aliphatic carbocycles. The molecule has 1 saturated carbocycles. The number of hydrogen-bond donors (Lipinski definition) is 1. The van der Waals surface area contributed by atoms with Crippen molar-refractivity contribution in [2.24, 2.45) is 5.92 Å². The van der Waals surface area contributed by atoms with Crippen LogP contribution in [0.25, 0.3) is 0 Å². The standard InChI is InChI=1S/C17H32N2O3S/c1-2-3-13-23(21,22)19-12-8-9-15(14-19)17(20)18-16-10-6-4-5-7-11-16/h15-16H,2-14H2,1H3,(H,18,20)/t15-/m0/s1. The van der Waals surface area contributed by atoms with E-state index in [0.717, 1.165) is 32.1 Å². The minimum Gasteiger partial charge on any atom is -0.353 e. The third-order valence-corrected chi connectivity index (χ3v) is 7.03. The van der Waals surface area contributed by atoms with Crippen LogP contribution in [0, 0.1) is 5.92 Å². The van der Waals surface area contributed by atoms with E-state index in [1.165, 1.54) is 25.7 Å². The van der Waals surface area contributed by atoms with Crippen molar-refractivity contribution in [1.82, 2.24) is 9.62 Å². The van der Waals surface area contributed by atoms with Crippen LogP contribution in [0.1, 0.15) is 71.1 Å². The summed E-state index contributed by atoms with van der Waals surface area (Å²) in [6.07, 6.45) is 10.2. The van der Waals surface area contributed by atoms with Gasteiger partial charge in [0, 0.05) is 19.1 Å². The van der Waals surface area contributed by atoms with E-state index in [2.05, 4.69) is 5.32 Å². The van der Waals surface area contributed by atoms with Crippen LogP contribution in [0.3, 0.4) is 0 Å². The van der Waals surface area contributed by atoms with Crippen LogP contribution in [0.2, 0.25) is 0 Å². The molecule has 0 radical (unpaired) electrons. The molecule has 134 valence electrons. The molecule has 1 aliphatic heterocycles. The highest BCUT2D eigenvalue weighted by atomic mass is 32.2. The molecule has 0 spiro atoms. The summed E-state index contributed by atoms with van der Waals surface area (Å²) in [6, 6.07) is 0.289. The number of nitrogens with one attached hydrogen (secondary N) is 1. The van der Waals surface area contributed by atoms with Gasteiger partial charge >= 0.3 is 0 Å². The maximum atomic E-state index is 12.5. The molecule has 1 N–H and O–H groups in total. The lowest BCUT2D eigenvalue weighted by atomic mass is 9.97. The number of amides is 1. The molecule has 0 aromatic carbocycles. The minimum atomic E-state index is -3.20. The van der Waals surface area contributed by atoms with Crippen molar-refractivity contribution in [2.75, 3.05) is 18.8 Å². The first-order valence-corrected chi connectivity index (χ1v) is 10.9. The lowest BCUT2D eigenvalue weighted by molar-refractivity contribution is -0.126. The highest BCUT2D eigenvalue weighted by molar-refractivity contribution is 7.89. The first-order chi connectivity index (χ1) is 11.0. The Hall–Kier alpha value is -0.620. The molecule has 23 heavy (non-hydrogen) atoms. The monoisotopic (exact) mass is 344 g/mol. The van der Waals surface area contributed by atoms with Crippen molar-refractivity contribution in [2.45, 2.75) is 77.2 Å². The van der Waals surface area contributed by atoms with E-state index in [9.17, 15) is 13.2 Å². The molecule has 1 amide bonds. The van der Waals surface area contributed by atoms with E-state index in [-0.39, 0.29) is 23.6 Å². The third kappa shape index (κ3) is 5.75. The molecule has 1 heterocycles. The summed E-state index contributed by atoms with van der Waals surface area (Å²) in [5.74, 6) is 0.0937. The fraction of sp³-hybridized carbons (Fsp3) is 0.941.